The number of nitrogens with one attached hydrogen (secondary N) is 1. The molecule has 4 nitrogen and oxygen atoms in total. The quantitative estimate of drug-likeness (QED) is 0.847. The van der Waals surface area contributed by atoms with Gasteiger partial charge in [0.25, 0.3) is 0 Å². The lowest BCUT2D eigenvalue weighted by Crippen LogP contribution is -2.36. The molecule has 0 radical (unpaired) electrons. The first kappa shape index (κ1) is 16.5. The second kappa shape index (κ2) is 6.93. The normalized spacial score (nSPS) is 18.9. The Morgan fingerprint density at radius 1 is 1.29 bits per heavy atom. The number of hydrogen-bond acceptors (Lipinski definition) is 3. The Balaban J connectivity index is 1.86. The second-order valence-corrected chi connectivity index (χ2v) is 7.60. The Bertz CT molecular complexity index is 422. The zero-order valence-electron chi connectivity index (χ0n) is 13.9. The van der Waals surface area contributed by atoms with Gasteiger partial charge in [-0.3, -0.25) is 4.68 Å². The molecule has 1 aromatic rings. The maximum Gasteiger partial charge on any atom is 0.0543 e. The molecule has 2 N–H and O–H groups in total. The number of hydrogen-bond donors (Lipinski definition) is 2. The highest BCUT2D eigenvalue weighted by molar-refractivity contribution is 5.05. The van der Waals surface area contributed by atoms with E-state index in [0.29, 0.717) is 12.0 Å². The van der Waals surface area contributed by atoms with Gasteiger partial charge < -0.3 is 10.4 Å². The third kappa shape index (κ3) is 4.55. The van der Waals surface area contributed by atoms with Crippen molar-refractivity contribution in [3.05, 3.63) is 18.0 Å². The summed E-state index contributed by atoms with van der Waals surface area (Å²) in [7, 11) is 0. The van der Waals surface area contributed by atoms with Gasteiger partial charge in [0, 0.05) is 31.5 Å². The predicted octanol–water partition coefficient (Wildman–Crippen LogP) is 3.06. The molecule has 0 bridgehead atoms. The van der Waals surface area contributed by atoms with Gasteiger partial charge in [0.15, 0.2) is 0 Å². The largest absolute Gasteiger partial charge is 0.396 e. The van der Waals surface area contributed by atoms with Crippen molar-refractivity contribution in [1.82, 2.24) is 15.1 Å². The molecule has 0 amide bonds. The van der Waals surface area contributed by atoms with E-state index in [1.165, 1.54) is 37.7 Å². The Hall–Kier alpha value is -0.870. The number of aromatic nitrogens is 2. The summed E-state index contributed by atoms with van der Waals surface area (Å²) in [6.45, 7) is 8.67. The molecule has 1 fully saturated rings. The third-order valence-corrected chi connectivity index (χ3v) is 4.71. The van der Waals surface area contributed by atoms with E-state index in [0.717, 1.165) is 19.5 Å². The van der Waals surface area contributed by atoms with Gasteiger partial charge in [0.1, 0.15) is 0 Å². The minimum Gasteiger partial charge on any atom is -0.396 e. The van der Waals surface area contributed by atoms with Crippen molar-refractivity contribution >= 4 is 0 Å². The summed E-state index contributed by atoms with van der Waals surface area (Å²) in [4.78, 5) is 0. The minimum atomic E-state index is 0.0414. The molecule has 2 rings (SSSR count). The fourth-order valence-corrected chi connectivity index (χ4v) is 3.34. The minimum absolute atomic E-state index is 0.0414. The van der Waals surface area contributed by atoms with Crippen LogP contribution in [0.15, 0.2) is 12.4 Å². The van der Waals surface area contributed by atoms with Gasteiger partial charge >= 0.3 is 0 Å². The number of nitrogens with zero attached hydrogens (tertiary/aromatic N) is 2. The second-order valence-electron chi connectivity index (χ2n) is 7.60. The standard InChI is InChI=1S/C17H31N3O/c1-16(2,3)20-13-15(12-19-20)11-18-14-17(9-10-21)7-5-4-6-8-17/h12-13,18,21H,4-11,14H2,1-3H3. The molecule has 1 aliphatic carbocycles. The Kier molecular flexibility index (Phi) is 5.44. The van der Waals surface area contributed by atoms with E-state index >= 15 is 0 Å². The zero-order valence-corrected chi connectivity index (χ0v) is 13.9. The molecule has 4 heteroatoms. The number of aliphatic hydroxyl groups excluding tert-OH is 1. The van der Waals surface area contributed by atoms with Crippen LogP contribution < -0.4 is 5.32 Å². The molecule has 120 valence electrons. The van der Waals surface area contributed by atoms with Crippen LogP contribution in [0.3, 0.4) is 0 Å². The Morgan fingerprint density at radius 2 is 2.00 bits per heavy atom. The summed E-state index contributed by atoms with van der Waals surface area (Å²) in [5.74, 6) is 0. The van der Waals surface area contributed by atoms with Crippen LogP contribution in [-0.2, 0) is 12.1 Å². The van der Waals surface area contributed by atoms with Crippen LogP contribution in [0.25, 0.3) is 0 Å². The fraction of sp³-hybridized carbons (Fsp3) is 0.824. The molecule has 1 heterocycles. The van der Waals surface area contributed by atoms with E-state index in [1.54, 1.807) is 0 Å². The lowest BCUT2D eigenvalue weighted by molar-refractivity contribution is 0.126. The van der Waals surface area contributed by atoms with Crippen LogP contribution >= 0.6 is 0 Å². The SMILES string of the molecule is CC(C)(C)n1cc(CNCC2(CCO)CCCCC2)cn1. The summed E-state index contributed by atoms with van der Waals surface area (Å²) in [6.07, 6.45) is 11.5. The van der Waals surface area contributed by atoms with E-state index < -0.39 is 0 Å². The van der Waals surface area contributed by atoms with Gasteiger partial charge in [-0.1, -0.05) is 19.3 Å². The molecule has 0 aromatic carbocycles. The van der Waals surface area contributed by atoms with Crippen molar-refractivity contribution in [2.45, 2.75) is 71.4 Å². The maximum absolute atomic E-state index is 9.35. The Labute approximate surface area is 128 Å². The van der Waals surface area contributed by atoms with Gasteiger partial charge in [-0.2, -0.15) is 5.10 Å². The van der Waals surface area contributed by atoms with Gasteiger partial charge in [-0.15, -0.1) is 0 Å². The Morgan fingerprint density at radius 3 is 2.57 bits per heavy atom. The molecule has 21 heavy (non-hydrogen) atoms. The average Bonchev–Trinajstić information content (AvgIpc) is 2.89. The van der Waals surface area contributed by atoms with Crippen molar-refractivity contribution in [2.75, 3.05) is 13.2 Å². The monoisotopic (exact) mass is 293 g/mol. The van der Waals surface area contributed by atoms with Crippen LogP contribution in [0.1, 0.15) is 64.9 Å². The predicted molar refractivity (Wildman–Crippen MR) is 86.2 cm³/mol. The molecule has 0 spiro atoms. The van der Waals surface area contributed by atoms with Crippen LogP contribution in [-0.4, -0.2) is 28.0 Å². The third-order valence-electron chi connectivity index (χ3n) is 4.71. The van der Waals surface area contributed by atoms with Gasteiger partial charge in [0.05, 0.1) is 11.7 Å². The van der Waals surface area contributed by atoms with Crippen LogP contribution in [0, 0.1) is 5.41 Å². The first-order chi connectivity index (χ1) is 9.95. The molecule has 0 saturated heterocycles. The molecule has 0 unspecified atom stereocenters. The fourth-order valence-electron chi connectivity index (χ4n) is 3.34. The van der Waals surface area contributed by atoms with Crippen molar-refractivity contribution in [3.8, 4) is 0 Å². The van der Waals surface area contributed by atoms with Gasteiger partial charge in [-0.25, -0.2) is 0 Å². The first-order valence-electron chi connectivity index (χ1n) is 8.31. The summed E-state index contributed by atoms with van der Waals surface area (Å²) >= 11 is 0. The van der Waals surface area contributed by atoms with Crippen molar-refractivity contribution in [2.24, 2.45) is 5.41 Å². The van der Waals surface area contributed by atoms with E-state index in [4.69, 9.17) is 0 Å². The molecule has 0 aliphatic heterocycles. The maximum atomic E-state index is 9.35. The van der Waals surface area contributed by atoms with Crippen molar-refractivity contribution < 1.29 is 5.11 Å². The van der Waals surface area contributed by atoms with E-state index in [2.05, 4.69) is 37.4 Å². The number of aliphatic hydroxyl groups is 1. The molecule has 1 saturated carbocycles. The lowest BCUT2D eigenvalue weighted by atomic mass is 9.72. The summed E-state index contributed by atoms with van der Waals surface area (Å²) in [5, 5.41) is 17.4. The van der Waals surface area contributed by atoms with Crippen molar-refractivity contribution in [1.29, 1.82) is 0 Å². The zero-order chi connectivity index (χ0) is 15.3. The highest BCUT2D eigenvalue weighted by Gasteiger charge is 2.30. The summed E-state index contributed by atoms with van der Waals surface area (Å²) in [6, 6.07) is 0. The molecular formula is C17H31N3O. The molecular weight excluding hydrogens is 262 g/mol. The van der Waals surface area contributed by atoms with E-state index in [9.17, 15) is 5.11 Å². The lowest BCUT2D eigenvalue weighted by Gasteiger charge is -2.37. The summed E-state index contributed by atoms with van der Waals surface area (Å²) < 4.78 is 2.02. The van der Waals surface area contributed by atoms with Gasteiger partial charge in [0.2, 0.25) is 0 Å². The van der Waals surface area contributed by atoms with Crippen LogP contribution in [0.2, 0.25) is 0 Å². The van der Waals surface area contributed by atoms with E-state index in [-0.39, 0.29) is 5.54 Å². The summed E-state index contributed by atoms with van der Waals surface area (Å²) in [5.41, 5.74) is 1.59. The van der Waals surface area contributed by atoms with Crippen LogP contribution in [0.5, 0.6) is 0 Å². The highest BCUT2D eigenvalue weighted by Crippen LogP contribution is 2.38. The molecule has 0 atom stereocenters. The molecule has 1 aromatic heterocycles. The van der Waals surface area contributed by atoms with Crippen LogP contribution in [0.4, 0.5) is 0 Å². The topological polar surface area (TPSA) is 50.1 Å². The number of rotatable bonds is 6. The first-order valence-corrected chi connectivity index (χ1v) is 8.31. The van der Waals surface area contributed by atoms with Crippen molar-refractivity contribution in [3.63, 3.8) is 0 Å². The smallest absolute Gasteiger partial charge is 0.0543 e. The highest BCUT2D eigenvalue weighted by atomic mass is 16.3. The van der Waals surface area contributed by atoms with Gasteiger partial charge in [-0.05, 0) is 45.4 Å². The molecule has 1 aliphatic rings. The average molecular weight is 293 g/mol. The van der Waals surface area contributed by atoms with E-state index in [1.807, 2.05) is 10.9 Å².